The van der Waals surface area contributed by atoms with Crippen molar-refractivity contribution < 1.29 is 22.7 Å². The van der Waals surface area contributed by atoms with Crippen LogP contribution >= 0.6 is 0 Å². The van der Waals surface area contributed by atoms with Crippen LogP contribution in [0.15, 0.2) is 42.6 Å². The number of ether oxygens (including phenoxy) is 1. The molecule has 1 aliphatic carbocycles. The molecule has 34 heavy (non-hydrogen) atoms. The number of hydrogen-bond acceptors (Lipinski definition) is 5. The van der Waals surface area contributed by atoms with E-state index in [4.69, 9.17) is 4.74 Å². The van der Waals surface area contributed by atoms with E-state index in [1.807, 2.05) is 36.0 Å². The number of anilines is 1. The molecule has 4 rings (SSSR count). The van der Waals surface area contributed by atoms with Gasteiger partial charge in [-0.1, -0.05) is 25.0 Å². The Labute approximate surface area is 199 Å². The third-order valence-corrected chi connectivity index (χ3v) is 6.58. The summed E-state index contributed by atoms with van der Waals surface area (Å²) in [6, 6.07) is 10.8. The van der Waals surface area contributed by atoms with Crippen LogP contribution < -0.4 is 15.4 Å². The Morgan fingerprint density at radius 3 is 2.59 bits per heavy atom. The number of rotatable bonds is 7. The number of amides is 2. The van der Waals surface area contributed by atoms with Crippen molar-refractivity contribution in [2.45, 2.75) is 38.1 Å². The smallest absolute Gasteiger partial charge is 0.319 e. The number of ketones is 1. The lowest BCUT2D eigenvalue weighted by Gasteiger charge is -2.13. The molecule has 0 saturated heterocycles. The molecular formula is C25H27N3O5S. The predicted octanol–water partition coefficient (Wildman–Crippen LogP) is 3.71. The minimum atomic E-state index is -2.57. The summed E-state index contributed by atoms with van der Waals surface area (Å²) in [5.74, 6) is -0.104. The molecule has 9 heteroatoms. The molecule has 0 spiro atoms. The van der Waals surface area contributed by atoms with Crippen molar-refractivity contribution in [3.05, 3.63) is 59.3 Å². The van der Waals surface area contributed by atoms with Gasteiger partial charge in [0.2, 0.25) is 16.1 Å². The van der Waals surface area contributed by atoms with Gasteiger partial charge in [-0.25, -0.2) is 4.79 Å². The van der Waals surface area contributed by atoms with Crippen LogP contribution in [0.2, 0.25) is 0 Å². The number of Topliss-reactive ketones (excluding diaryl/α,β-unsaturated/α-hetero) is 1. The molecule has 3 aromatic rings. The summed E-state index contributed by atoms with van der Waals surface area (Å²) in [6.07, 6.45) is 6.91. The second-order valence-electron chi connectivity index (χ2n) is 8.52. The largest absolute Gasteiger partial charge is 0.496 e. The van der Waals surface area contributed by atoms with E-state index in [-0.39, 0.29) is 17.6 Å². The quantitative estimate of drug-likeness (QED) is 0.395. The number of nitrogens with one attached hydrogen (secondary N) is 2. The lowest BCUT2D eigenvalue weighted by atomic mass is 10.0. The van der Waals surface area contributed by atoms with E-state index in [0.717, 1.165) is 47.7 Å². The summed E-state index contributed by atoms with van der Waals surface area (Å²) >= 11 is 0. The van der Waals surface area contributed by atoms with Crippen molar-refractivity contribution in [1.82, 2.24) is 9.88 Å². The fraction of sp³-hybridized carbons (Fsp3) is 0.320. The first-order valence-corrected chi connectivity index (χ1v) is 12.3. The first kappa shape index (κ1) is 23.6. The minimum Gasteiger partial charge on any atom is -0.496 e. The van der Waals surface area contributed by atoms with Crippen LogP contribution in [0.4, 0.5) is 10.5 Å². The monoisotopic (exact) mass is 481 g/mol. The molecule has 1 heterocycles. The van der Waals surface area contributed by atoms with Crippen molar-refractivity contribution in [3.63, 3.8) is 0 Å². The van der Waals surface area contributed by atoms with Crippen LogP contribution in [-0.4, -0.2) is 43.3 Å². The molecule has 2 amide bonds. The van der Waals surface area contributed by atoms with Crippen LogP contribution in [0.25, 0.3) is 10.9 Å². The molecule has 178 valence electrons. The minimum absolute atomic E-state index is 0.193. The zero-order valence-electron chi connectivity index (χ0n) is 19.1. The Morgan fingerprint density at radius 1 is 1.12 bits per heavy atom. The third kappa shape index (κ3) is 5.31. The maximum atomic E-state index is 12.4. The topological polar surface area (TPSA) is 106 Å². The Bertz CT molecular complexity index is 1380. The van der Waals surface area contributed by atoms with Gasteiger partial charge in [0, 0.05) is 47.9 Å². The highest BCUT2D eigenvalue weighted by molar-refractivity contribution is 7.73. The molecule has 1 aliphatic rings. The third-order valence-electron chi connectivity index (χ3n) is 6.18. The maximum absolute atomic E-state index is 12.4. The predicted molar refractivity (Wildman–Crippen MR) is 132 cm³/mol. The molecule has 1 saturated carbocycles. The number of hydrogen-bond donors (Lipinski definition) is 2. The van der Waals surface area contributed by atoms with E-state index < -0.39 is 16.1 Å². The number of carbonyl (C=O) groups excluding carboxylic acids is 2. The normalized spacial score (nSPS) is 13.6. The van der Waals surface area contributed by atoms with Gasteiger partial charge < -0.3 is 19.9 Å². The molecule has 0 unspecified atom stereocenters. The van der Waals surface area contributed by atoms with Gasteiger partial charge >= 0.3 is 6.03 Å². The number of aromatic nitrogens is 1. The number of urea groups is 1. The molecule has 1 fully saturated rings. The molecule has 0 radical (unpaired) electrons. The summed E-state index contributed by atoms with van der Waals surface area (Å²) < 4.78 is 29.1. The van der Waals surface area contributed by atoms with E-state index >= 15 is 0 Å². The van der Waals surface area contributed by atoms with Gasteiger partial charge in [-0.3, -0.25) is 4.79 Å². The van der Waals surface area contributed by atoms with Crippen molar-refractivity contribution in [1.29, 1.82) is 0 Å². The molecule has 0 atom stereocenters. The second kappa shape index (κ2) is 10.1. The number of methoxy groups -OCH3 is 1. The van der Waals surface area contributed by atoms with Gasteiger partial charge in [0.05, 0.1) is 7.11 Å². The van der Waals surface area contributed by atoms with Crippen LogP contribution in [-0.2, 0) is 23.8 Å². The van der Waals surface area contributed by atoms with Crippen LogP contribution in [0.3, 0.4) is 0 Å². The summed E-state index contributed by atoms with van der Waals surface area (Å²) in [6.45, 7) is 0. The van der Waals surface area contributed by atoms with Gasteiger partial charge in [0.15, 0.2) is 0 Å². The summed E-state index contributed by atoms with van der Waals surface area (Å²) in [4.78, 5) is 24.5. The van der Waals surface area contributed by atoms with Gasteiger partial charge in [-0.2, -0.15) is 8.42 Å². The Balaban J connectivity index is 1.59. The summed E-state index contributed by atoms with van der Waals surface area (Å²) in [7, 11) is 0.907. The zero-order chi connectivity index (χ0) is 24.2. The van der Waals surface area contributed by atoms with Crippen LogP contribution in [0, 0.1) is 0 Å². The Kier molecular flexibility index (Phi) is 7.02. The average molecular weight is 482 g/mol. The van der Waals surface area contributed by atoms with E-state index in [0.29, 0.717) is 23.2 Å². The molecular weight excluding hydrogens is 454 g/mol. The molecule has 2 N–H and O–H groups in total. The van der Waals surface area contributed by atoms with Gasteiger partial charge in [0.1, 0.15) is 11.1 Å². The lowest BCUT2D eigenvalue weighted by molar-refractivity contribution is 0.107. The van der Waals surface area contributed by atoms with Gasteiger partial charge in [-0.05, 0) is 48.2 Å². The maximum Gasteiger partial charge on any atom is 0.319 e. The Hall–Kier alpha value is -3.59. The van der Waals surface area contributed by atoms with Crippen molar-refractivity contribution in [3.8, 4) is 5.75 Å². The standard InChI is InChI=1S/C25H27N3O5S/c1-28-14-18(11-17-8-7-16(12-24(17)33-2)23(29)15-34(31)32)21-13-20(9-10-22(21)28)27-25(30)26-19-5-3-4-6-19/h7-10,12-15,19H,3-6,11H2,1-2H3,(H2,26,27,30). The molecule has 0 aliphatic heterocycles. The van der Waals surface area contributed by atoms with Gasteiger partial charge in [0.25, 0.3) is 0 Å². The first-order chi connectivity index (χ1) is 16.3. The van der Waals surface area contributed by atoms with Gasteiger partial charge in [-0.15, -0.1) is 0 Å². The number of fused-ring (bicyclic) bond motifs is 1. The number of carbonyl (C=O) groups is 2. The molecule has 0 bridgehead atoms. The SMILES string of the molecule is COc1cc(C(=O)C=S(=O)=O)ccc1Cc1cn(C)c2ccc(NC(=O)NC3CCCC3)cc12. The van der Waals surface area contributed by atoms with E-state index in [1.165, 1.54) is 7.11 Å². The van der Waals surface area contributed by atoms with Crippen molar-refractivity contribution in [2.75, 3.05) is 12.4 Å². The average Bonchev–Trinajstić information content (AvgIpc) is 3.41. The zero-order valence-corrected chi connectivity index (χ0v) is 19.9. The Morgan fingerprint density at radius 2 is 1.88 bits per heavy atom. The highest BCUT2D eigenvalue weighted by atomic mass is 32.2. The molecule has 2 aromatic carbocycles. The number of aryl methyl sites for hydroxylation is 1. The van der Waals surface area contributed by atoms with Crippen molar-refractivity contribution in [2.24, 2.45) is 7.05 Å². The highest BCUT2D eigenvalue weighted by Gasteiger charge is 2.18. The van der Waals surface area contributed by atoms with E-state index in [2.05, 4.69) is 10.6 Å². The lowest BCUT2D eigenvalue weighted by Crippen LogP contribution is -2.36. The fourth-order valence-corrected chi connectivity index (χ4v) is 4.83. The first-order valence-electron chi connectivity index (χ1n) is 11.1. The summed E-state index contributed by atoms with van der Waals surface area (Å²) in [5, 5.41) is 7.61. The molecule has 8 nitrogen and oxygen atoms in total. The van der Waals surface area contributed by atoms with E-state index in [9.17, 15) is 18.0 Å². The van der Waals surface area contributed by atoms with Crippen LogP contribution in [0.1, 0.15) is 47.2 Å². The van der Waals surface area contributed by atoms with E-state index in [1.54, 1.807) is 18.2 Å². The number of nitrogens with zero attached hydrogens (tertiary/aromatic N) is 1. The molecule has 1 aromatic heterocycles. The van der Waals surface area contributed by atoms with Crippen molar-refractivity contribution >= 4 is 44.1 Å². The van der Waals surface area contributed by atoms with Crippen LogP contribution in [0.5, 0.6) is 5.75 Å². The highest BCUT2D eigenvalue weighted by Crippen LogP contribution is 2.30. The second-order valence-corrected chi connectivity index (χ2v) is 9.28. The summed E-state index contributed by atoms with van der Waals surface area (Å²) in [5.41, 5.74) is 3.86. The fourth-order valence-electron chi connectivity index (χ4n) is 4.52. The number of benzene rings is 2.